The van der Waals surface area contributed by atoms with Gasteiger partial charge in [-0.05, 0) is 37.9 Å². The zero-order valence-electron chi connectivity index (χ0n) is 18.9. The molecule has 0 saturated carbocycles. The van der Waals surface area contributed by atoms with Crippen LogP contribution < -0.4 is 5.32 Å². The number of ether oxygens (including phenoxy) is 2. The number of nitrogens with zero attached hydrogens (tertiary/aromatic N) is 2. The smallest absolute Gasteiger partial charge is 0.253 e. The highest BCUT2D eigenvalue weighted by Crippen LogP contribution is 2.18. The van der Waals surface area contributed by atoms with E-state index in [2.05, 4.69) is 24.1 Å². The molecule has 1 saturated heterocycles. The van der Waals surface area contributed by atoms with Crippen molar-refractivity contribution in [2.45, 2.75) is 39.5 Å². The molecule has 32 heavy (non-hydrogen) atoms. The van der Waals surface area contributed by atoms with Gasteiger partial charge >= 0.3 is 0 Å². The largest absolute Gasteiger partial charge is 0.377 e. The fourth-order valence-corrected chi connectivity index (χ4v) is 3.77. The first-order valence-electron chi connectivity index (χ1n) is 11.2. The molecular weight excluding hydrogens is 410 g/mol. The summed E-state index contributed by atoms with van der Waals surface area (Å²) in [5.74, 6) is -0.376. The maximum Gasteiger partial charge on any atom is 0.253 e. The fourth-order valence-electron chi connectivity index (χ4n) is 3.77. The van der Waals surface area contributed by atoms with Gasteiger partial charge in [0.15, 0.2) is 0 Å². The Bertz CT molecular complexity index is 803. The highest BCUT2D eigenvalue weighted by Gasteiger charge is 2.29. The minimum Gasteiger partial charge on any atom is -0.377 e. The molecule has 2 aliphatic rings. The summed E-state index contributed by atoms with van der Waals surface area (Å²) in [7, 11) is 0. The van der Waals surface area contributed by atoms with Crippen molar-refractivity contribution < 1.29 is 23.9 Å². The van der Waals surface area contributed by atoms with Crippen LogP contribution in [0.2, 0.25) is 0 Å². The molecule has 0 spiro atoms. The van der Waals surface area contributed by atoms with E-state index in [0.717, 1.165) is 35.5 Å². The van der Waals surface area contributed by atoms with E-state index in [4.69, 9.17) is 9.47 Å². The number of imide groups is 1. The lowest BCUT2D eigenvalue weighted by molar-refractivity contribution is -0.137. The van der Waals surface area contributed by atoms with Gasteiger partial charge in [0, 0.05) is 31.3 Å². The Hall–Kier alpha value is -2.55. The van der Waals surface area contributed by atoms with Gasteiger partial charge in [-0.15, -0.1) is 0 Å². The maximum absolute atomic E-state index is 12.4. The maximum atomic E-state index is 12.4. The zero-order chi connectivity index (χ0) is 22.9. The summed E-state index contributed by atoms with van der Waals surface area (Å²) >= 11 is 0. The first-order chi connectivity index (χ1) is 15.4. The van der Waals surface area contributed by atoms with Crippen LogP contribution >= 0.6 is 0 Å². The molecular formula is C24H33N3O5. The van der Waals surface area contributed by atoms with Crippen molar-refractivity contribution in [2.24, 2.45) is 5.92 Å². The Labute approximate surface area is 189 Å². The molecule has 1 aromatic carbocycles. The summed E-state index contributed by atoms with van der Waals surface area (Å²) in [4.78, 5) is 38.7. The molecule has 1 atom stereocenters. The summed E-state index contributed by atoms with van der Waals surface area (Å²) in [6.45, 7) is 8.52. The molecule has 2 aliphatic heterocycles. The average Bonchev–Trinajstić information content (AvgIpc) is 3.40. The van der Waals surface area contributed by atoms with Crippen LogP contribution in [-0.2, 0) is 37.0 Å². The molecule has 1 N–H and O–H groups in total. The van der Waals surface area contributed by atoms with E-state index in [0.29, 0.717) is 39.0 Å². The van der Waals surface area contributed by atoms with E-state index in [9.17, 15) is 14.4 Å². The Morgan fingerprint density at radius 1 is 1.03 bits per heavy atom. The molecule has 2 heterocycles. The molecule has 3 amide bonds. The van der Waals surface area contributed by atoms with Gasteiger partial charge in [0.2, 0.25) is 5.91 Å². The van der Waals surface area contributed by atoms with Crippen molar-refractivity contribution in [1.29, 1.82) is 0 Å². The van der Waals surface area contributed by atoms with Gasteiger partial charge < -0.3 is 19.7 Å². The Morgan fingerprint density at radius 2 is 1.69 bits per heavy atom. The van der Waals surface area contributed by atoms with E-state index in [-0.39, 0.29) is 30.2 Å². The van der Waals surface area contributed by atoms with Crippen molar-refractivity contribution in [1.82, 2.24) is 15.1 Å². The van der Waals surface area contributed by atoms with E-state index in [1.807, 2.05) is 24.3 Å². The number of nitrogens with one attached hydrogen (secondary N) is 1. The van der Waals surface area contributed by atoms with E-state index < -0.39 is 0 Å². The molecule has 1 unspecified atom stereocenters. The van der Waals surface area contributed by atoms with Crippen LogP contribution in [0.15, 0.2) is 36.4 Å². The summed E-state index contributed by atoms with van der Waals surface area (Å²) in [6.07, 6.45) is 3.46. The minimum atomic E-state index is -0.297. The summed E-state index contributed by atoms with van der Waals surface area (Å²) < 4.78 is 11.0. The molecule has 0 bridgehead atoms. The Kier molecular flexibility index (Phi) is 8.96. The third-order valence-corrected chi connectivity index (χ3v) is 5.81. The molecule has 174 valence electrons. The van der Waals surface area contributed by atoms with Crippen molar-refractivity contribution in [3.05, 3.63) is 47.5 Å². The highest BCUT2D eigenvalue weighted by atomic mass is 16.5. The van der Waals surface area contributed by atoms with Gasteiger partial charge in [0.25, 0.3) is 11.8 Å². The second kappa shape index (κ2) is 11.9. The number of benzene rings is 1. The number of hydrogen-bond acceptors (Lipinski definition) is 6. The fraction of sp³-hybridized carbons (Fsp3) is 0.542. The highest BCUT2D eigenvalue weighted by molar-refractivity contribution is 6.12. The van der Waals surface area contributed by atoms with Gasteiger partial charge in [-0.3, -0.25) is 19.3 Å². The molecule has 0 aromatic heterocycles. The molecule has 8 heteroatoms. The predicted molar refractivity (Wildman–Crippen MR) is 119 cm³/mol. The summed E-state index contributed by atoms with van der Waals surface area (Å²) in [5.41, 5.74) is 2.10. The van der Waals surface area contributed by atoms with Gasteiger partial charge in [-0.2, -0.15) is 0 Å². The Balaban J connectivity index is 1.25. The second-order valence-corrected chi connectivity index (χ2v) is 8.43. The topological polar surface area (TPSA) is 88.2 Å². The van der Waals surface area contributed by atoms with Crippen LogP contribution in [0.5, 0.6) is 0 Å². The lowest BCUT2D eigenvalue weighted by Gasteiger charge is -2.20. The quantitative estimate of drug-likeness (QED) is 0.389. The molecule has 1 fully saturated rings. The predicted octanol–water partition coefficient (Wildman–Crippen LogP) is 1.49. The zero-order valence-corrected chi connectivity index (χ0v) is 18.9. The molecule has 8 nitrogen and oxygen atoms in total. The summed E-state index contributed by atoms with van der Waals surface area (Å²) in [6, 6.07) is 8.48. The van der Waals surface area contributed by atoms with Gasteiger partial charge in [-0.1, -0.05) is 24.3 Å². The molecule has 1 aromatic rings. The van der Waals surface area contributed by atoms with E-state index in [1.54, 1.807) is 0 Å². The number of carbonyl (C=O) groups excluding carboxylic acids is 3. The van der Waals surface area contributed by atoms with Gasteiger partial charge in [0.05, 0.1) is 38.9 Å². The molecule has 3 rings (SSSR count). The van der Waals surface area contributed by atoms with Crippen LogP contribution in [0.4, 0.5) is 0 Å². The van der Waals surface area contributed by atoms with Crippen LogP contribution in [0, 0.1) is 5.92 Å². The number of likely N-dealkylation sites (tertiary alicyclic amines) is 1. The van der Waals surface area contributed by atoms with Crippen molar-refractivity contribution in [2.75, 3.05) is 39.5 Å². The first-order valence-corrected chi connectivity index (χ1v) is 11.2. The van der Waals surface area contributed by atoms with Crippen molar-refractivity contribution in [3.8, 4) is 0 Å². The summed E-state index contributed by atoms with van der Waals surface area (Å²) in [5, 5.41) is 3.05. The number of hydrogen-bond donors (Lipinski definition) is 1. The normalized spacial score (nSPS) is 18.8. The lowest BCUT2D eigenvalue weighted by Crippen LogP contribution is -2.34. The van der Waals surface area contributed by atoms with E-state index >= 15 is 0 Å². The molecule has 0 aliphatic carbocycles. The average molecular weight is 444 g/mol. The van der Waals surface area contributed by atoms with Crippen LogP contribution in [0.25, 0.3) is 0 Å². The minimum absolute atomic E-state index is 0.0836. The number of rotatable bonds is 12. The van der Waals surface area contributed by atoms with E-state index in [1.165, 1.54) is 12.2 Å². The third kappa shape index (κ3) is 6.98. The van der Waals surface area contributed by atoms with Crippen molar-refractivity contribution >= 4 is 17.7 Å². The number of amides is 3. The van der Waals surface area contributed by atoms with Crippen LogP contribution in [0.3, 0.4) is 0 Å². The number of carbonyl (C=O) groups is 3. The van der Waals surface area contributed by atoms with Gasteiger partial charge in [-0.25, -0.2) is 0 Å². The van der Waals surface area contributed by atoms with Gasteiger partial charge in [0.1, 0.15) is 0 Å². The lowest BCUT2D eigenvalue weighted by atomic mass is 10.1. The van der Waals surface area contributed by atoms with Crippen LogP contribution in [0.1, 0.15) is 31.4 Å². The molecule has 0 radical (unpaired) electrons. The SMILES string of the molecule is CC(C)N1CCC(C(=O)NCc2ccc(COCCOCCN3C(=O)C=CC3=O)cc2)C1. The Morgan fingerprint density at radius 3 is 2.34 bits per heavy atom. The van der Waals surface area contributed by atoms with Crippen molar-refractivity contribution in [3.63, 3.8) is 0 Å². The standard InChI is InChI=1S/C24H33N3O5/c1-18(2)26-10-9-21(16-26)24(30)25-15-19-3-5-20(6-4-19)17-32-14-13-31-12-11-27-22(28)7-8-23(27)29/h3-8,18,21H,9-17H2,1-2H3,(H,25,30). The monoisotopic (exact) mass is 443 g/mol. The second-order valence-electron chi connectivity index (χ2n) is 8.43. The first kappa shape index (κ1) is 24.1. The third-order valence-electron chi connectivity index (χ3n) is 5.81. The van der Waals surface area contributed by atoms with Crippen LogP contribution in [-0.4, -0.2) is 73.0 Å².